The molecule has 102 valence electrons. The molecule has 1 aromatic carbocycles. The van der Waals surface area contributed by atoms with Gasteiger partial charge in [-0.2, -0.15) is 0 Å². The zero-order valence-corrected chi connectivity index (χ0v) is 11.9. The summed E-state index contributed by atoms with van der Waals surface area (Å²) in [4.78, 5) is 2.47. The first-order valence-corrected chi connectivity index (χ1v) is 6.95. The molecule has 1 saturated heterocycles. The molecule has 1 N–H and O–H groups in total. The van der Waals surface area contributed by atoms with Gasteiger partial charge >= 0.3 is 0 Å². The lowest BCUT2D eigenvalue weighted by molar-refractivity contribution is 0.0384. The maximum Gasteiger partial charge on any atom is 0.0594 e. The normalized spacial score (nSPS) is 15.7. The molecule has 1 aromatic rings. The third-order valence-electron chi connectivity index (χ3n) is 3.06. The standard InChI is InChI=1S/C13H20N2O.C2H6/c1-14-13-4-2-12(3-5-13)6-7-15-8-10-16-11-9-15;1-2/h2-5,14H,6-11H2,1H3;1-2H3. The van der Waals surface area contributed by atoms with Crippen LogP contribution in [0.4, 0.5) is 5.69 Å². The molecular weight excluding hydrogens is 224 g/mol. The van der Waals surface area contributed by atoms with Gasteiger partial charge in [0.15, 0.2) is 0 Å². The Bertz CT molecular complexity index is 305. The largest absolute Gasteiger partial charge is 0.388 e. The fraction of sp³-hybridized carbons (Fsp3) is 0.600. The molecule has 2 rings (SSSR count). The van der Waals surface area contributed by atoms with E-state index in [0.717, 1.165) is 39.3 Å². The molecule has 0 unspecified atom stereocenters. The Morgan fingerprint density at radius 2 is 1.72 bits per heavy atom. The van der Waals surface area contributed by atoms with Crippen molar-refractivity contribution in [1.82, 2.24) is 4.90 Å². The Labute approximate surface area is 111 Å². The van der Waals surface area contributed by atoms with Gasteiger partial charge in [-0.05, 0) is 24.1 Å². The number of nitrogens with zero attached hydrogens (tertiary/aromatic N) is 1. The summed E-state index contributed by atoms with van der Waals surface area (Å²) in [6, 6.07) is 8.67. The molecule has 1 heterocycles. The third-order valence-corrected chi connectivity index (χ3v) is 3.06. The summed E-state index contributed by atoms with van der Waals surface area (Å²) >= 11 is 0. The summed E-state index contributed by atoms with van der Waals surface area (Å²) in [7, 11) is 1.95. The molecule has 1 aliphatic rings. The Morgan fingerprint density at radius 3 is 2.28 bits per heavy atom. The molecule has 18 heavy (non-hydrogen) atoms. The van der Waals surface area contributed by atoms with Gasteiger partial charge in [0.25, 0.3) is 0 Å². The molecule has 0 atom stereocenters. The summed E-state index contributed by atoms with van der Waals surface area (Å²) in [6.45, 7) is 9.07. The van der Waals surface area contributed by atoms with Crippen molar-refractivity contribution in [2.24, 2.45) is 0 Å². The van der Waals surface area contributed by atoms with E-state index in [-0.39, 0.29) is 0 Å². The van der Waals surface area contributed by atoms with Crippen LogP contribution in [0.25, 0.3) is 0 Å². The van der Waals surface area contributed by atoms with E-state index in [1.165, 1.54) is 11.3 Å². The van der Waals surface area contributed by atoms with E-state index in [1.54, 1.807) is 0 Å². The van der Waals surface area contributed by atoms with Gasteiger partial charge in [0, 0.05) is 32.4 Å². The second-order valence-electron chi connectivity index (χ2n) is 4.15. The molecule has 0 radical (unpaired) electrons. The molecule has 1 fully saturated rings. The maximum absolute atomic E-state index is 5.33. The minimum atomic E-state index is 0.888. The summed E-state index contributed by atoms with van der Waals surface area (Å²) in [6.07, 6.45) is 1.13. The highest BCUT2D eigenvalue weighted by atomic mass is 16.5. The van der Waals surface area contributed by atoms with E-state index < -0.39 is 0 Å². The van der Waals surface area contributed by atoms with Gasteiger partial charge < -0.3 is 10.1 Å². The van der Waals surface area contributed by atoms with Crippen LogP contribution < -0.4 is 5.32 Å². The molecule has 0 spiro atoms. The topological polar surface area (TPSA) is 24.5 Å². The monoisotopic (exact) mass is 250 g/mol. The van der Waals surface area contributed by atoms with E-state index >= 15 is 0 Å². The van der Waals surface area contributed by atoms with Gasteiger partial charge in [0.1, 0.15) is 0 Å². The van der Waals surface area contributed by atoms with Crippen molar-refractivity contribution < 1.29 is 4.74 Å². The molecular formula is C15H26N2O. The Hall–Kier alpha value is -1.06. The second-order valence-corrected chi connectivity index (χ2v) is 4.15. The second kappa shape index (κ2) is 8.95. The highest BCUT2D eigenvalue weighted by Crippen LogP contribution is 2.09. The van der Waals surface area contributed by atoms with E-state index in [9.17, 15) is 0 Å². The van der Waals surface area contributed by atoms with Crippen LogP contribution in [0.15, 0.2) is 24.3 Å². The van der Waals surface area contributed by atoms with Gasteiger partial charge in [-0.3, -0.25) is 4.90 Å². The van der Waals surface area contributed by atoms with Crippen LogP contribution in [0.1, 0.15) is 19.4 Å². The zero-order valence-electron chi connectivity index (χ0n) is 11.9. The van der Waals surface area contributed by atoms with Crippen LogP contribution in [0.5, 0.6) is 0 Å². The number of hydrogen-bond donors (Lipinski definition) is 1. The average Bonchev–Trinajstić information content (AvgIpc) is 2.49. The van der Waals surface area contributed by atoms with Gasteiger partial charge in [-0.15, -0.1) is 0 Å². The smallest absolute Gasteiger partial charge is 0.0594 e. The van der Waals surface area contributed by atoms with Crippen LogP contribution in [0.3, 0.4) is 0 Å². The van der Waals surface area contributed by atoms with E-state index in [1.807, 2.05) is 20.9 Å². The number of ether oxygens (including phenoxy) is 1. The number of rotatable bonds is 4. The number of anilines is 1. The minimum Gasteiger partial charge on any atom is -0.388 e. The first-order valence-electron chi connectivity index (χ1n) is 6.95. The molecule has 0 aromatic heterocycles. The zero-order chi connectivity index (χ0) is 13.2. The van der Waals surface area contributed by atoms with Gasteiger partial charge in [-0.1, -0.05) is 26.0 Å². The average molecular weight is 250 g/mol. The van der Waals surface area contributed by atoms with Crippen molar-refractivity contribution in [1.29, 1.82) is 0 Å². The van der Waals surface area contributed by atoms with Crippen molar-refractivity contribution in [3.8, 4) is 0 Å². The lowest BCUT2D eigenvalue weighted by Crippen LogP contribution is -2.37. The highest BCUT2D eigenvalue weighted by molar-refractivity contribution is 5.43. The summed E-state index contributed by atoms with van der Waals surface area (Å²) in [5.74, 6) is 0. The fourth-order valence-electron chi connectivity index (χ4n) is 1.95. The Balaban J connectivity index is 0.000000771. The van der Waals surface area contributed by atoms with Gasteiger partial charge in [-0.25, -0.2) is 0 Å². The van der Waals surface area contributed by atoms with Crippen molar-refractivity contribution in [3.63, 3.8) is 0 Å². The number of nitrogens with one attached hydrogen (secondary N) is 1. The van der Waals surface area contributed by atoms with Gasteiger partial charge in [0.2, 0.25) is 0 Å². The first-order chi connectivity index (χ1) is 8.88. The number of morpholine rings is 1. The van der Waals surface area contributed by atoms with Crippen LogP contribution in [0.2, 0.25) is 0 Å². The van der Waals surface area contributed by atoms with E-state index in [4.69, 9.17) is 4.74 Å². The van der Waals surface area contributed by atoms with Crippen LogP contribution >= 0.6 is 0 Å². The molecule has 0 bridgehead atoms. The highest BCUT2D eigenvalue weighted by Gasteiger charge is 2.09. The summed E-state index contributed by atoms with van der Waals surface area (Å²) < 4.78 is 5.33. The van der Waals surface area contributed by atoms with Crippen molar-refractivity contribution in [2.45, 2.75) is 20.3 Å². The predicted octanol–water partition coefficient (Wildman–Crippen LogP) is 2.63. The molecule has 0 saturated carbocycles. The SMILES string of the molecule is CC.CNc1ccc(CCN2CCOCC2)cc1. The van der Waals surface area contributed by atoms with Crippen molar-refractivity contribution in [3.05, 3.63) is 29.8 Å². The minimum absolute atomic E-state index is 0.888. The Kier molecular flexibility index (Phi) is 7.46. The first kappa shape index (κ1) is 15.0. The van der Waals surface area contributed by atoms with Crippen LogP contribution in [-0.2, 0) is 11.2 Å². The fourth-order valence-corrected chi connectivity index (χ4v) is 1.95. The summed E-state index contributed by atoms with van der Waals surface area (Å²) in [5, 5.41) is 3.13. The molecule has 0 amide bonds. The predicted molar refractivity (Wildman–Crippen MR) is 78.3 cm³/mol. The van der Waals surface area contributed by atoms with Crippen molar-refractivity contribution >= 4 is 5.69 Å². The summed E-state index contributed by atoms with van der Waals surface area (Å²) in [5.41, 5.74) is 2.58. The maximum atomic E-state index is 5.33. The molecule has 3 nitrogen and oxygen atoms in total. The van der Waals surface area contributed by atoms with Crippen LogP contribution in [0, 0.1) is 0 Å². The van der Waals surface area contributed by atoms with Gasteiger partial charge in [0.05, 0.1) is 13.2 Å². The molecule has 0 aliphatic carbocycles. The lowest BCUT2D eigenvalue weighted by atomic mass is 10.1. The lowest BCUT2D eigenvalue weighted by Gasteiger charge is -2.26. The Morgan fingerprint density at radius 1 is 1.11 bits per heavy atom. The van der Waals surface area contributed by atoms with Crippen LogP contribution in [-0.4, -0.2) is 44.8 Å². The number of hydrogen-bond acceptors (Lipinski definition) is 3. The third kappa shape index (κ3) is 5.07. The van der Waals surface area contributed by atoms with Crippen molar-refractivity contribution in [2.75, 3.05) is 45.2 Å². The molecule has 1 aliphatic heterocycles. The van der Waals surface area contributed by atoms with E-state index in [2.05, 4.69) is 34.5 Å². The molecule has 3 heteroatoms. The van der Waals surface area contributed by atoms with E-state index in [0.29, 0.717) is 0 Å². The quantitative estimate of drug-likeness (QED) is 0.889. The number of benzene rings is 1.